The van der Waals surface area contributed by atoms with E-state index in [4.69, 9.17) is 10.5 Å². The van der Waals surface area contributed by atoms with Crippen LogP contribution in [0.5, 0.6) is 11.7 Å². The molecule has 2 heterocycles. The molecule has 24 heavy (non-hydrogen) atoms. The summed E-state index contributed by atoms with van der Waals surface area (Å²) in [6.45, 7) is 0. The second kappa shape index (κ2) is 6.84. The van der Waals surface area contributed by atoms with Gasteiger partial charge in [-0.15, -0.1) is 10.2 Å². The number of methoxy groups -OCH3 is 1. The van der Waals surface area contributed by atoms with Gasteiger partial charge in [0.05, 0.1) is 18.1 Å². The van der Waals surface area contributed by atoms with Crippen molar-refractivity contribution >= 4 is 34.0 Å². The second-order valence-corrected chi connectivity index (χ2v) is 6.67. The Morgan fingerprint density at radius 2 is 2.17 bits per heavy atom. The number of nitrogen functional groups attached to an aromatic ring is 1. The van der Waals surface area contributed by atoms with E-state index in [9.17, 15) is 9.90 Å². The largest absolute Gasteiger partial charge is 0.539 e. The molecule has 0 saturated heterocycles. The van der Waals surface area contributed by atoms with Gasteiger partial charge in [0.15, 0.2) is 10.3 Å². The van der Waals surface area contributed by atoms with Crippen LogP contribution in [0.25, 0.3) is 5.69 Å². The van der Waals surface area contributed by atoms with Gasteiger partial charge in [0.25, 0.3) is 0 Å². The molecule has 3 rings (SSSR count). The average Bonchev–Trinajstić information content (AvgIpc) is 3.18. The van der Waals surface area contributed by atoms with Crippen molar-refractivity contribution in [3.8, 4) is 17.4 Å². The number of ketones is 1. The topological polar surface area (TPSA) is 131 Å². The Balaban J connectivity index is 1.81. The number of thioether (sulfide) groups is 1. The number of benzene rings is 1. The van der Waals surface area contributed by atoms with Crippen molar-refractivity contribution in [1.29, 1.82) is 0 Å². The molecule has 0 aliphatic carbocycles. The summed E-state index contributed by atoms with van der Waals surface area (Å²) in [5.41, 5.74) is 5.83. The summed E-state index contributed by atoms with van der Waals surface area (Å²) in [5, 5.41) is 23.3. The van der Waals surface area contributed by atoms with Gasteiger partial charge in [-0.1, -0.05) is 23.1 Å². The van der Waals surface area contributed by atoms with Crippen LogP contribution in [0.15, 0.2) is 33.1 Å². The lowest BCUT2D eigenvalue weighted by Crippen LogP contribution is -2.39. The maximum atomic E-state index is 12.4. The third-order valence-corrected chi connectivity index (χ3v) is 4.83. The van der Waals surface area contributed by atoms with Crippen molar-refractivity contribution in [3.05, 3.63) is 30.0 Å². The number of carbonyl (C=O) groups excluding carboxylic acids is 1. The van der Waals surface area contributed by atoms with E-state index in [1.807, 2.05) is 0 Å². The third kappa shape index (κ3) is 3.31. The van der Waals surface area contributed by atoms with Crippen LogP contribution in [0.2, 0.25) is 0 Å². The molecule has 0 amide bonds. The molecule has 2 N–H and O–H groups in total. The number of nitrogens with zero attached hydrogens (tertiary/aromatic N) is 4. The van der Waals surface area contributed by atoms with E-state index in [1.54, 1.807) is 31.4 Å². The molecule has 0 aliphatic heterocycles. The summed E-state index contributed by atoms with van der Waals surface area (Å²) in [5.74, 6) is -0.604. The zero-order valence-corrected chi connectivity index (χ0v) is 14.0. The lowest BCUT2D eigenvalue weighted by Gasteiger charge is -1.99. The number of hydrogen-bond acceptors (Lipinski definition) is 10. The number of anilines is 1. The van der Waals surface area contributed by atoms with Crippen molar-refractivity contribution in [3.63, 3.8) is 0 Å². The van der Waals surface area contributed by atoms with Gasteiger partial charge < -0.3 is 20.1 Å². The van der Waals surface area contributed by atoms with Crippen molar-refractivity contribution in [2.75, 3.05) is 18.6 Å². The van der Waals surface area contributed by atoms with E-state index in [0.29, 0.717) is 20.9 Å². The van der Waals surface area contributed by atoms with E-state index in [-0.39, 0.29) is 11.4 Å². The van der Waals surface area contributed by atoms with E-state index in [0.717, 1.165) is 23.1 Å². The molecular formula is C13H11N5O4S2. The number of aromatic nitrogens is 4. The SMILES string of the molecule is COc1ccc(-[n+]2noc([O-])c2C(=O)CSc2nnc(N)s2)cc1. The van der Waals surface area contributed by atoms with E-state index >= 15 is 0 Å². The summed E-state index contributed by atoms with van der Waals surface area (Å²) in [6, 6.07) is 6.70. The fourth-order valence-electron chi connectivity index (χ4n) is 1.85. The Bertz CT molecular complexity index is 862. The van der Waals surface area contributed by atoms with Gasteiger partial charge in [0.1, 0.15) is 5.75 Å². The summed E-state index contributed by atoms with van der Waals surface area (Å²) in [7, 11) is 1.54. The Morgan fingerprint density at radius 3 is 2.79 bits per heavy atom. The lowest BCUT2D eigenvalue weighted by atomic mass is 10.2. The van der Waals surface area contributed by atoms with Crippen LogP contribution in [-0.2, 0) is 0 Å². The van der Waals surface area contributed by atoms with Gasteiger partial charge in [-0.2, -0.15) is 0 Å². The van der Waals surface area contributed by atoms with E-state index in [1.165, 1.54) is 4.68 Å². The first-order valence-electron chi connectivity index (χ1n) is 6.57. The number of hydrogen-bond donors (Lipinski definition) is 1. The van der Waals surface area contributed by atoms with Crippen molar-refractivity contribution < 1.29 is 23.8 Å². The Hall–Kier alpha value is -2.66. The van der Waals surface area contributed by atoms with Crippen LogP contribution < -0.4 is 20.3 Å². The summed E-state index contributed by atoms with van der Waals surface area (Å²) < 4.78 is 11.4. The molecule has 0 fully saturated rings. The van der Waals surface area contributed by atoms with Gasteiger partial charge in [-0.05, 0) is 16.8 Å². The first kappa shape index (κ1) is 16.2. The van der Waals surface area contributed by atoms with Crippen LogP contribution in [0, 0.1) is 0 Å². The minimum Gasteiger partial charge on any atom is -0.539 e. The number of nitrogens with two attached hydrogens (primary N) is 1. The van der Waals surface area contributed by atoms with E-state index in [2.05, 4.69) is 20.0 Å². The molecule has 0 radical (unpaired) electrons. The fraction of sp³-hybridized carbons (Fsp3) is 0.154. The minimum absolute atomic E-state index is 0.0127. The Labute approximate surface area is 144 Å². The van der Waals surface area contributed by atoms with Gasteiger partial charge >= 0.3 is 5.69 Å². The fourth-order valence-corrected chi connectivity index (χ4v) is 3.36. The Kier molecular flexibility index (Phi) is 4.62. The molecule has 124 valence electrons. The van der Waals surface area contributed by atoms with Crippen molar-refractivity contribution in [2.24, 2.45) is 0 Å². The van der Waals surface area contributed by atoms with Crippen LogP contribution in [0.1, 0.15) is 10.5 Å². The first-order chi connectivity index (χ1) is 11.6. The van der Waals surface area contributed by atoms with Crippen molar-refractivity contribution in [1.82, 2.24) is 15.5 Å². The monoisotopic (exact) mass is 365 g/mol. The molecule has 0 aliphatic rings. The molecule has 0 unspecified atom stereocenters. The second-order valence-electron chi connectivity index (χ2n) is 4.44. The van der Waals surface area contributed by atoms with Crippen LogP contribution in [-0.4, -0.2) is 34.1 Å². The highest BCUT2D eigenvalue weighted by Gasteiger charge is 2.27. The van der Waals surface area contributed by atoms with Gasteiger partial charge in [0.2, 0.25) is 16.6 Å². The van der Waals surface area contributed by atoms with Crippen LogP contribution in [0.4, 0.5) is 5.13 Å². The molecule has 0 spiro atoms. The summed E-state index contributed by atoms with van der Waals surface area (Å²) in [6.07, 6.45) is 0. The average molecular weight is 365 g/mol. The third-order valence-electron chi connectivity index (χ3n) is 2.94. The van der Waals surface area contributed by atoms with Gasteiger partial charge in [-0.3, -0.25) is 4.79 Å². The van der Waals surface area contributed by atoms with E-state index < -0.39 is 11.7 Å². The molecule has 1 aromatic carbocycles. The predicted octanol–water partition coefficient (Wildman–Crippen LogP) is 0.442. The van der Waals surface area contributed by atoms with Crippen LogP contribution >= 0.6 is 23.1 Å². The molecule has 0 bridgehead atoms. The maximum Gasteiger partial charge on any atom is 0.307 e. The summed E-state index contributed by atoms with van der Waals surface area (Å²) >= 11 is 2.30. The number of ether oxygens (including phenoxy) is 1. The predicted molar refractivity (Wildman–Crippen MR) is 83.4 cm³/mol. The molecule has 9 nitrogen and oxygen atoms in total. The molecule has 11 heteroatoms. The highest BCUT2D eigenvalue weighted by Crippen LogP contribution is 2.25. The van der Waals surface area contributed by atoms with Gasteiger partial charge in [-0.25, -0.2) is 0 Å². The molecule has 0 saturated carbocycles. The quantitative estimate of drug-likeness (QED) is 0.375. The van der Waals surface area contributed by atoms with Gasteiger partial charge in [0, 0.05) is 12.1 Å². The summed E-state index contributed by atoms with van der Waals surface area (Å²) in [4.78, 5) is 12.4. The molecule has 0 atom stereocenters. The number of carbonyl (C=O) groups is 1. The first-order valence-corrected chi connectivity index (χ1v) is 8.37. The highest BCUT2D eigenvalue weighted by atomic mass is 32.2. The molecule has 2 aromatic heterocycles. The molecule has 3 aromatic rings. The maximum absolute atomic E-state index is 12.4. The number of Topliss-reactive ketones (excluding diaryl/α,β-unsaturated/α-hetero) is 1. The Morgan fingerprint density at radius 1 is 1.42 bits per heavy atom. The van der Waals surface area contributed by atoms with Crippen LogP contribution in [0.3, 0.4) is 0 Å². The normalized spacial score (nSPS) is 10.7. The molecular weight excluding hydrogens is 354 g/mol. The zero-order valence-electron chi connectivity index (χ0n) is 12.3. The lowest BCUT2D eigenvalue weighted by molar-refractivity contribution is -0.672. The number of rotatable bonds is 6. The minimum atomic E-state index is -0.798. The smallest absolute Gasteiger partial charge is 0.307 e. The highest BCUT2D eigenvalue weighted by molar-refractivity contribution is 8.01. The van der Waals surface area contributed by atoms with Crippen molar-refractivity contribution in [2.45, 2.75) is 4.34 Å². The standard InChI is InChI=1S/C13H11N5O4S2/c1-21-8-4-2-7(3-5-8)18-10(11(20)22-17-18)9(19)6-23-13-16-15-12(14)24-13/h2-5H,6H2,1H3,(H2-,14,15,17,19,20). The zero-order chi connectivity index (χ0) is 17.1.